The molecule has 0 bridgehead atoms. The number of benzene rings is 1. The summed E-state index contributed by atoms with van der Waals surface area (Å²) in [5, 5.41) is 17.2. The Hall–Kier alpha value is -2.02. The van der Waals surface area contributed by atoms with E-state index in [0.29, 0.717) is 5.69 Å². The second-order valence-electron chi connectivity index (χ2n) is 5.14. The van der Waals surface area contributed by atoms with Crippen molar-refractivity contribution in [3.8, 4) is 9.88 Å². The molecule has 0 radical (unpaired) electrons. The molecule has 0 fully saturated rings. The lowest BCUT2D eigenvalue weighted by molar-refractivity contribution is -0.115. The van der Waals surface area contributed by atoms with Gasteiger partial charge in [-0.15, -0.1) is 22.7 Å². The molecule has 3 aromatic rings. The van der Waals surface area contributed by atoms with Crippen LogP contribution in [-0.4, -0.2) is 16.0 Å². The van der Waals surface area contributed by atoms with E-state index in [1.165, 1.54) is 0 Å². The van der Waals surface area contributed by atoms with E-state index in [2.05, 4.69) is 10.3 Å². The van der Waals surface area contributed by atoms with Crippen molar-refractivity contribution in [1.29, 1.82) is 0 Å². The van der Waals surface area contributed by atoms with Crippen LogP contribution in [0, 0.1) is 0 Å². The number of nitrogens with one attached hydrogen (secondary N) is 1. The van der Waals surface area contributed by atoms with Gasteiger partial charge in [0.15, 0.2) is 0 Å². The van der Waals surface area contributed by atoms with Gasteiger partial charge in [0.05, 0.1) is 23.1 Å². The first kappa shape index (κ1) is 15.9. The minimum Gasteiger partial charge on any atom is -0.389 e. The van der Waals surface area contributed by atoms with Gasteiger partial charge in [0.2, 0.25) is 5.91 Å². The van der Waals surface area contributed by atoms with Gasteiger partial charge in [-0.1, -0.05) is 18.2 Å². The lowest BCUT2D eigenvalue weighted by atomic mass is 10.1. The van der Waals surface area contributed by atoms with E-state index < -0.39 is 6.10 Å². The number of aliphatic hydroxyl groups excluding tert-OH is 1. The van der Waals surface area contributed by atoms with Gasteiger partial charge in [-0.05, 0) is 36.1 Å². The summed E-state index contributed by atoms with van der Waals surface area (Å²) in [6.07, 6.45) is -0.259. The highest BCUT2D eigenvalue weighted by molar-refractivity contribution is 7.20. The number of rotatable bonds is 5. The molecule has 1 aromatic carbocycles. The number of amides is 1. The van der Waals surface area contributed by atoms with E-state index in [-0.39, 0.29) is 12.3 Å². The Morgan fingerprint density at radius 3 is 2.70 bits per heavy atom. The minimum absolute atomic E-state index is 0.0992. The van der Waals surface area contributed by atoms with Gasteiger partial charge >= 0.3 is 0 Å². The number of thiophene rings is 1. The lowest BCUT2D eigenvalue weighted by Crippen LogP contribution is -2.14. The number of aromatic nitrogens is 1. The summed E-state index contributed by atoms with van der Waals surface area (Å²) in [6.45, 7) is 1.71. The number of anilines is 1. The molecule has 6 heteroatoms. The first-order chi connectivity index (χ1) is 11.1. The molecule has 0 aliphatic carbocycles. The predicted octanol–water partition coefficient (Wildman–Crippen LogP) is 4.11. The maximum atomic E-state index is 12.1. The molecule has 1 atom stereocenters. The van der Waals surface area contributed by atoms with Crippen LogP contribution in [0.2, 0.25) is 0 Å². The quantitative estimate of drug-likeness (QED) is 0.732. The fourth-order valence-electron chi connectivity index (χ4n) is 2.12. The summed E-state index contributed by atoms with van der Waals surface area (Å²) in [5.41, 5.74) is 2.31. The molecule has 0 saturated heterocycles. The molecule has 0 aliphatic rings. The van der Waals surface area contributed by atoms with Crippen molar-refractivity contribution in [3.05, 3.63) is 58.4 Å². The number of hydrogen-bond donors (Lipinski definition) is 2. The third-order valence-electron chi connectivity index (χ3n) is 3.30. The Kier molecular flexibility index (Phi) is 4.85. The van der Waals surface area contributed by atoms with E-state index in [4.69, 9.17) is 0 Å². The average molecular weight is 344 g/mol. The van der Waals surface area contributed by atoms with Crippen molar-refractivity contribution >= 4 is 34.3 Å². The molecule has 23 heavy (non-hydrogen) atoms. The van der Waals surface area contributed by atoms with Crippen molar-refractivity contribution in [2.75, 3.05) is 5.32 Å². The van der Waals surface area contributed by atoms with E-state index in [1.807, 2.05) is 22.9 Å². The Balaban J connectivity index is 1.61. The van der Waals surface area contributed by atoms with Crippen molar-refractivity contribution in [2.45, 2.75) is 19.4 Å². The van der Waals surface area contributed by atoms with Gasteiger partial charge in [0.1, 0.15) is 5.01 Å². The molecule has 2 heterocycles. The summed E-state index contributed by atoms with van der Waals surface area (Å²) in [4.78, 5) is 17.7. The summed E-state index contributed by atoms with van der Waals surface area (Å²) in [6, 6.07) is 11.2. The Morgan fingerprint density at radius 2 is 2.04 bits per heavy atom. The molecule has 2 N–H and O–H groups in total. The van der Waals surface area contributed by atoms with Crippen LogP contribution >= 0.6 is 22.7 Å². The molecular formula is C17H16N2O2S2. The molecule has 118 valence electrons. The van der Waals surface area contributed by atoms with Crippen molar-refractivity contribution in [3.63, 3.8) is 0 Å². The van der Waals surface area contributed by atoms with Crippen LogP contribution in [-0.2, 0) is 11.2 Å². The SMILES string of the molecule is CC(O)c1ccc(NC(=O)Cc2csc(-c3cccs3)n2)cc1. The molecule has 4 nitrogen and oxygen atoms in total. The minimum atomic E-state index is -0.509. The summed E-state index contributed by atoms with van der Waals surface area (Å²) in [7, 11) is 0. The van der Waals surface area contributed by atoms with Crippen molar-refractivity contribution in [1.82, 2.24) is 4.98 Å². The third-order valence-corrected chi connectivity index (χ3v) is 5.23. The largest absolute Gasteiger partial charge is 0.389 e. The first-order valence-corrected chi connectivity index (χ1v) is 8.94. The smallest absolute Gasteiger partial charge is 0.230 e. The highest BCUT2D eigenvalue weighted by Crippen LogP contribution is 2.28. The van der Waals surface area contributed by atoms with Crippen LogP contribution < -0.4 is 5.32 Å². The summed E-state index contributed by atoms with van der Waals surface area (Å²) >= 11 is 3.19. The molecule has 3 rings (SSSR count). The highest BCUT2D eigenvalue weighted by atomic mass is 32.1. The van der Waals surface area contributed by atoms with Gasteiger partial charge in [-0.3, -0.25) is 4.79 Å². The maximum Gasteiger partial charge on any atom is 0.230 e. The highest BCUT2D eigenvalue weighted by Gasteiger charge is 2.10. The van der Waals surface area contributed by atoms with Crippen LogP contribution in [0.25, 0.3) is 9.88 Å². The molecule has 0 spiro atoms. The van der Waals surface area contributed by atoms with E-state index in [1.54, 1.807) is 53.9 Å². The maximum absolute atomic E-state index is 12.1. The number of nitrogens with zero attached hydrogens (tertiary/aromatic N) is 1. The fraction of sp³-hybridized carbons (Fsp3) is 0.176. The molecule has 1 unspecified atom stereocenters. The van der Waals surface area contributed by atoms with Gasteiger partial charge < -0.3 is 10.4 Å². The number of thiazole rings is 1. The monoisotopic (exact) mass is 344 g/mol. The zero-order chi connectivity index (χ0) is 16.2. The summed E-state index contributed by atoms with van der Waals surface area (Å²) < 4.78 is 0. The Bertz CT molecular complexity index is 777. The van der Waals surface area contributed by atoms with Gasteiger partial charge in [0, 0.05) is 11.1 Å². The standard InChI is InChI=1S/C17H16N2O2S2/c1-11(20)12-4-6-13(7-5-12)18-16(21)9-14-10-23-17(19-14)15-3-2-8-22-15/h2-8,10-11,20H,9H2,1H3,(H,18,21). The van der Waals surface area contributed by atoms with Gasteiger partial charge in [-0.25, -0.2) is 4.98 Å². The lowest BCUT2D eigenvalue weighted by Gasteiger charge is -2.07. The first-order valence-electron chi connectivity index (χ1n) is 7.18. The second-order valence-corrected chi connectivity index (χ2v) is 6.95. The Morgan fingerprint density at radius 1 is 1.26 bits per heavy atom. The third kappa shape index (κ3) is 4.04. The molecule has 1 amide bonds. The fourth-order valence-corrected chi connectivity index (χ4v) is 3.75. The second kappa shape index (κ2) is 7.04. The summed E-state index contributed by atoms with van der Waals surface area (Å²) in [5.74, 6) is -0.0992. The average Bonchev–Trinajstić information content (AvgIpc) is 3.18. The number of carbonyl (C=O) groups excluding carboxylic acids is 1. The van der Waals surface area contributed by atoms with Crippen LogP contribution in [0.3, 0.4) is 0 Å². The molecular weight excluding hydrogens is 328 g/mol. The van der Waals surface area contributed by atoms with Gasteiger partial charge in [0.25, 0.3) is 0 Å². The van der Waals surface area contributed by atoms with Crippen LogP contribution in [0.4, 0.5) is 5.69 Å². The van der Waals surface area contributed by atoms with Crippen molar-refractivity contribution in [2.24, 2.45) is 0 Å². The number of carbonyl (C=O) groups is 1. The molecule has 0 saturated carbocycles. The normalized spacial score (nSPS) is 12.1. The topological polar surface area (TPSA) is 62.2 Å². The zero-order valence-electron chi connectivity index (χ0n) is 12.5. The molecule has 2 aromatic heterocycles. The zero-order valence-corrected chi connectivity index (χ0v) is 14.2. The van der Waals surface area contributed by atoms with Crippen LogP contribution in [0.5, 0.6) is 0 Å². The van der Waals surface area contributed by atoms with E-state index in [0.717, 1.165) is 21.1 Å². The van der Waals surface area contributed by atoms with Crippen LogP contribution in [0.1, 0.15) is 24.3 Å². The van der Waals surface area contributed by atoms with E-state index in [9.17, 15) is 9.90 Å². The Labute approximate surface area is 142 Å². The van der Waals surface area contributed by atoms with Crippen LogP contribution in [0.15, 0.2) is 47.2 Å². The number of hydrogen-bond acceptors (Lipinski definition) is 5. The van der Waals surface area contributed by atoms with E-state index >= 15 is 0 Å². The molecule has 0 aliphatic heterocycles. The van der Waals surface area contributed by atoms with Gasteiger partial charge in [-0.2, -0.15) is 0 Å². The van der Waals surface area contributed by atoms with Crippen molar-refractivity contribution < 1.29 is 9.90 Å². The predicted molar refractivity (Wildman–Crippen MR) is 94.8 cm³/mol. The number of aliphatic hydroxyl groups is 1.